The summed E-state index contributed by atoms with van der Waals surface area (Å²) in [6, 6.07) is 1.19. The van der Waals surface area contributed by atoms with Gasteiger partial charge in [0.15, 0.2) is 0 Å². The SMILES string of the molecule is O=C(O)C1CCCN(C(=O)Nc2cc(Br)c(F)cc2F)C1. The Hall–Kier alpha value is -1.70. The fourth-order valence-corrected chi connectivity index (χ4v) is 2.52. The molecule has 0 aliphatic carbocycles. The molecule has 1 aliphatic heterocycles. The molecule has 114 valence electrons. The lowest BCUT2D eigenvalue weighted by molar-refractivity contribution is -0.143. The maximum absolute atomic E-state index is 13.6. The minimum absolute atomic E-state index is 0.0289. The predicted octanol–water partition coefficient (Wildman–Crippen LogP) is 3.06. The lowest BCUT2D eigenvalue weighted by Crippen LogP contribution is -2.44. The van der Waals surface area contributed by atoms with Crippen molar-refractivity contribution in [3.8, 4) is 0 Å². The summed E-state index contributed by atoms with van der Waals surface area (Å²) in [6.07, 6.45) is 1.08. The van der Waals surface area contributed by atoms with Crippen LogP contribution in [-0.2, 0) is 4.79 Å². The van der Waals surface area contributed by atoms with E-state index in [0.29, 0.717) is 25.5 Å². The first-order valence-corrected chi connectivity index (χ1v) is 7.11. The third-order valence-electron chi connectivity index (χ3n) is 3.31. The van der Waals surface area contributed by atoms with Gasteiger partial charge in [-0.05, 0) is 34.8 Å². The van der Waals surface area contributed by atoms with Gasteiger partial charge >= 0.3 is 12.0 Å². The highest BCUT2D eigenvalue weighted by Crippen LogP contribution is 2.24. The van der Waals surface area contributed by atoms with Crippen molar-refractivity contribution in [3.63, 3.8) is 0 Å². The van der Waals surface area contributed by atoms with Crippen LogP contribution in [0.5, 0.6) is 0 Å². The molecule has 0 saturated carbocycles. The van der Waals surface area contributed by atoms with Gasteiger partial charge in [0.2, 0.25) is 0 Å². The normalized spacial score (nSPS) is 18.4. The van der Waals surface area contributed by atoms with E-state index in [2.05, 4.69) is 21.2 Å². The summed E-state index contributed by atoms with van der Waals surface area (Å²) < 4.78 is 26.7. The smallest absolute Gasteiger partial charge is 0.321 e. The number of anilines is 1. The number of carboxylic acid groups (broad SMARTS) is 1. The molecular formula is C13H13BrF2N2O3. The molecular weight excluding hydrogens is 350 g/mol. The van der Waals surface area contributed by atoms with E-state index in [9.17, 15) is 18.4 Å². The van der Waals surface area contributed by atoms with Crippen LogP contribution in [0, 0.1) is 17.6 Å². The Bertz CT molecular complexity index is 583. The summed E-state index contributed by atoms with van der Waals surface area (Å²) in [5.41, 5.74) is -0.161. The van der Waals surface area contributed by atoms with Crippen LogP contribution in [0.25, 0.3) is 0 Å². The van der Waals surface area contributed by atoms with Gasteiger partial charge in [-0.3, -0.25) is 4.79 Å². The number of piperidine rings is 1. The molecule has 2 N–H and O–H groups in total. The van der Waals surface area contributed by atoms with Crippen LogP contribution in [0.4, 0.5) is 19.3 Å². The maximum Gasteiger partial charge on any atom is 0.321 e. The number of nitrogens with zero attached hydrogens (tertiary/aromatic N) is 1. The number of hydrogen-bond donors (Lipinski definition) is 2. The molecule has 2 rings (SSSR count). The Balaban J connectivity index is 2.07. The van der Waals surface area contributed by atoms with E-state index in [1.807, 2.05) is 0 Å². The van der Waals surface area contributed by atoms with Gasteiger partial charge in [0, 0.05) is 19.2 Å². The second-order valence-corrected chi connectivity index (χ2v) is 5.65. The number of carboxylic acids is 1. The van der Waals surface area contributed by atoms with Crippen molar-refractivity contribution in [2.45, 2.75) is 12.8 Å². The summed E-state index contributed by atoms with van der Waals surface area (Å²) in [7, 11) is 0. The van der Waals surface area contributed by atoms with E-state index in [-0.39, 0.29) is 16.7 Å². The zero-order valence-corrected chi connectivity index (χ0v) is 12.5. The standard InChI is InChI=1S/C13H13BrF2N2O3/c14-8-4-11(10(16)5-9(8)15)17-13(21)18-3-1-2-7(6-18)12(19)20/h4-5,7H,1-3,6H2,(H,17,21)(H,19,20). The van der Waals surface area contributed by atoms with Gasteiger partial charge in [0.25, 0.3) is 0 Å². The summed E-state index contributed by atoms with van der Waals surface area (Å²) in [5, 5.41) is 11.3. The van der Waals surface area contributed by atoms with Crippen LogP contribution in [0.2, 0.25) is 0 Å². The molecule has 1 heterocycles. The second-order valence-electron chi connectivity index (χ2n) is 4.80. The monoisotopic (exact) mass is 362 g/mol. The average molecular weight is 363 g/mol. The quantitative estimate of drug-likeness (QED) is 0.794. The number of urea groups is 1. The maximum atomic E-state index is 13.6. The number of aliphatic carboxylic acids is 1. The highest BCUT2D eigenvalue weighted by Gasteiger charge is 2.28. The van der Waals surface area contributed by atoms with Gasteiger partial charge in [-0.25, -0.2) is 13.6 Å². The number of amides is 2. The van der Waals surface area contributed by atoms with Crippen LogP contribution in [0.15, 0.2) is 16.6 Å². The highest BCUT2D eigenvalue weighted by atomic mass is 79.9. The Morgan fingerprint density at radius 3 is 2.71 bits per heavy atom. The summed E-state index contributed by atoms with van der Waals surface area (Å²) in [6.45, 7) is 0.477. The molecule has 1 saturated heterocycles. The molecule has 0 radical (unpaired) electrons. The minimum atomic E-state index is -0.955. The van der Waals surface area contributed by atoms with E-state index < -0.39 is 29.6 Å². The fourth-order valence-electron chi connectivity index (χ4n) is 2.18. The van der Waals surface area contributed by atoms with Crippen LogP contribution < -0.4 is 5.32 Å². The number of carbonyl (C=O) groups excluding carboxylic acids is 1. The van der Waals surface area contributed by atoms with E-state index >= 15 is 0 Å². The summed E-state index contributed by atoms with van der Waals surface area (Å²) in [5.74, 6) is -3.23. The van der Waals surface area contributed by atoms with Gasteiger partial charge < -0.3 is 15.3 Å². The van der Waals surface area contributed by atoms with Gasteiger partial charge in [0.05, 0.1) is 16.1 Å². The molecule has 8 heteroatoms. The molecule has 0 bridgehead atoms. The topological polar surface area (TPSA) is 69.6 Å². The molecule has 0 spiro atoms. The van der Waals surface area contributed by atoms with Crippen LogP contribution >= 0.6 is 15.9 Å². The Morgan fingerprint density at radius 1 is 1.33 bits per heavy atom. The van der Waals surface area contributed by atoms with Crippen molar-refractivity contribution in [2.75, 3.05) is 18.4 Å². The van der Waals surface area contributed by atoms with Crippen molar-refractivity contribution in [3.05, 3.63) is 28.2 Å². The zero-order chi connectivity index (χ0) is 15.6. The molecule has 1 fully saturated rings. The fraction of sp³-hybridized carbons (Fsp3) is 0.385. The molecule has 1 aliphatic rings. The van der Waals surface area contributed by atoms with Crippen LogP contribution in [0.1, 0.15) is 12.8 Å². The molecule has 1 aromatic rings. The van der Waals surface area contributed by atoms with Crippen molar-refractivity contribution >= 4 is 33.6 Å². The number of rotatable bonds is 2. The number of halogens is 3. The Kier molecular flexibility index (Phi) is 4.76. The number of nitrogens with one attached hydrogen (secondary N) is 1. The zero-order valence-electron chi connectivity index (χ0n) is 10.9. The molecule has 2 amide bonds. The summed E-state index contributed by atoms with van der Waals surface area (Å²) in [4.78, 5) is 24.3. The van der Waals surface area contributed by atoms with Crippen LogP contribution in [0.3, 0.4) is 0 Å². The number of benzene rings is 1. The van der Waals surface area contributed by atoms with Crippen molar-refractivity contribution < 1.29 is 23.5 Å². The summed E-state index contributed by atoms with van der Waals surface area (Å²) >= 11 is 2.91. The van der Waals surface area contributed by atoms with E-state index in [1.165, 1.54) is 4.90 Å². The largest absolute Gasteiger partial charge is 0.481 e. The van der Waals surface area contributed by atoms with Gasteiger partial charge in [-0.15, -0.1) is 0 Å². The van der Waals surface area contributed by atoms with Gasteiger partial charge in [-0.2, -0.15) is 0 Å². The second kappa shape index (κ2) is 6.38. The van der Waals surface area contributed by atoms with Gasteiger partial charge in [0.1, 0.15) is 11.6 Å². The molecule has 1 aromatic carbocycles. The van der Waals surface area contributed by atoms with E-state index in [0.717, 1.165) is 6.07 Å². The highest BCUT2D eigenvalue weighted by molar-refractivity contribution is 9.10. The third kappa shape index (κ3) is 3.69. The van der Waals surface area contributed by atoms with Crippen molar-refractivity contribution in [1.82, 2.24) is 4.90 Å². The lowest BCUT2D eigenvalue weighted by Gasteiger charge is -2.30. The molecule has 1 unspecified atom stereocenters. The lowest BCUT2D eigenvalue weighted by atomic mass is 9.99. The van der Waals surface area contributed by atoms with Gasteiger partial charge in [-0.1, -0.05) is 0 Å². The third-order valence-corrected chi connectivity index (χ3v) is 3.92. The molecule has 5 nitrogen and oxygen atoms in total. The minimum Gasteiger partial charge on any atom is -0.481 e. The van der Waals surface area contributed by atoms with Crippen LogP contribution in [-0.4, -0.2) is 35.1 Å². The van der Waals surface area contributed by atoms with Crippen molar-refractivity contribution in [1.29, 1.82) is 0 Å². The predicted molar refractivity (Wildman–Crippen MR) is 75.0 cm³/mol. The molecule has 21 heavy (non-hydrogen) atoms. The Morgan fingerprint density at radius 2 is 2.05 bits per heavy atom. The average Bonchev–Trinajstić information content (AvgIpc) is 2.44. The number of likely N-dealkylation sites (tertiary alicyclic amines) is 1. The molecule has 0 aromatic heterocycles. The number of carbonyl (C=O) groups is 2. The first-order valence-electron chi connectivity index (χ1n) is 6.31. The molecule has 1 atom stereocenters. The number of hydrogen-bond acceptors (Lipinski definition) is 2. The Labute approximate surface area is 128 Å². The van der Waals surface area contributed by atoms with Crippen molar-refractivity contribution in [2.24, 2.45) is 5.92 Å². The van der Waals surface area contributed by atoms with E-state index in [1.54, 1.807) is 0 Å². The van der Waals surface area contributed by atoms with E-state index in [4.69, 9.17) is 5.11 Å². The first kappa shape index (κ1) is 15.7. The first-order chi connectivity index (χ1) is 9.88.